The van der Waals surface area contributed by atoms with Crippen molar-refractivity contribution >= 4 is 30.1 Å². The monoisotopic (exact) mass is 369 g/mol. The molecule has 0 aliphatic rings. The molecule has 9 nitrogen and oxygen atoms in total. The van der Waals surface area contributed by atoms with E-state index in [-0.39, 0.29) is 22.8 Å². The largest absolute Gasteiger partial charge is 0.418 e. The SMILES string of the molecule is Cc1ccc(OP(=O)(NC(C)C)SP(N)(=O)O)c([N+](=O)[O-])c1. The third-order valence-corrected chi connectivity index (χ3v) is 9.82. The van der Waals surface area contributed by atoms with Crippen LogP contribution < -0.4 is 15.1 Å². The second kappa shape index (κ2) is 7.12. The molecule has 1 aromatic carbocycles. The van der Waals surface area contributed by atoms with Crippen molar-refractivity contribution in [1.82, 2.24) is 5.09 Å². The van der Waals surface area contributed by atoms with Crippen LogP contribution in [0.4, 0.5) is 5.69 Å². The molecule has 0 bridgehead atoms. The Hall–Kier alpha value is -0.890. The van der Waals surface area contributed by atoms with Crippen LogP contribution in [-0.4, -0.2) is 15.9 Å². The van der Waals surface area contributed by atoms with Crippen LogP contribution in [-0.2, 0) is 9.13 Å². The van der Waals surface area contributed by atoms with Gasteiger partial charge in [0.1, 0.15) is 0 Å². The molecule has 0 amide bonds. The van der Waals surface area contributed by atoms with Gasteiger partial charge in [0.15, 0.2) is 0 Å². The van der Waals surface area contributed by atoms with E-state index in [4.69, 9.17) is 10.0 Å². The van der Waals surface area contributed by atoms with E-state index < -0.39 is 24.1 Å². The Kier molecular flexibility index (Phi) is 6.20. The van der Waals surface area contributed by atoms with Crippen molar-refractivity contribution in [3.63, 3.8) is 0 Å². The van der Waals surface area contributed by atoms with Gasteiger partial charge in [0.2, 0.25) is 5.75 Å². The zero-order valence-corrected chi connectivity index (χ0v) is 14.7. The van der Waals surface area contributed by atoms with Crippen LogP contribution in [0.2, 0.25) is 0 Å². The highest BCUT2D eigenvalue weighted by molar-refractivity contribution is 8.85. The van der Waals surface area contributed by atoms with E-state index in [1.54, 1.807) is 20.8 Å². The lowest BCUT2D eigenvalue weighted by atomic mass is 10.2. The Labute approximate surface area is 131 Å². The summed E-state index contributed by atoms with van der Waals surface area (Å²) in [5.41, 5.74) is 5.24. The van der Waals surface area contributed by atoms with E-state index in [0.29, 0.717) is 5.56 Å². The molecule has 1 aromatic rings. The number of hydrogen-bond donors (Lipinski definition) is 3. The lowest BCUT2D eigenvalue weighted by Crippen LogP contribution is -2.21. The predicted molar refractivity (Wildman–Crippen MR) is 85.9 cm³/mol. The highest BCUT2D eigenvalue weighted by Gasteiger charge is 2.36. The van der Waals surface area contributed by atoms with Crippen LogP contribution in [0.25, 0.3) is 0 Å². The van der Waals surface area contributed by atoms with Crippen molar-refractivity contribution in [1.29, 1.82) is 0 Å². The molecule has 0 aliphatic heterocycles. The van der Waals surface area contributed by atoms with Crippen molar-refractivity contribution < 1.29 is 23.5 Å². The van der Waals surface area contributed by atoms with Gasteiger partial charge in [-0.2, -0.15) is 0 Å². The number of nitro groups is 1. The van der Waals surface area contributed by atoms with Crippen LogP contribution in [0.15, 0.2) is 18.2 Å². The van der Waals surface area contributed by atoms with E-state index in [1.807, 2.05) is 0 Å². The maximum absolute atomic E-state index is 12.7. The van der Waals surface area contributed by atoms with Crippen LogP contribution in [0.1, 0.15) is 19.4 Å². The van der Waals surface area contributed by atoms with Gasteiger partial charge in [-0.25, -0.2) is 9.65 Å². The minimum atomic E-state index is -4.23. The predicted octanol–water partition coefficient (Wildman–Crippen LogP) is 3.18. The Bertz CT molecular complexity index is 662. The minimum Gasteiger partial charge on any atom is -0.418 e. The van der Waals surface area contributed by atoms with Gasteiger partial charge in [0.05, 0.1) is 15.9 Å². The second-order valence-corrected chi connectivity index (χ2v) is 12.4. The summed E-state index contributed by atoms with van der Waals surface area (Å²) in [6.45, 7) is -3.28. The average molecular weight is 369 g/mol. The maximum atomic E-state index is 12.7. The number of rotatable bonds is 7. The summed E-state index contributed by atoms with van der Waals surface area (Å²) in [6, 6.07) is 3.70. The highest BCUT2D eigenvalue weighted by atomic mass is 33.1. The molecule has 0 aromatic heterocycles. The fourth-order valence-corrected chi connectivity index (χ4v) is 8.54. The number of nitro benzene ring substituents is 1. The third-order valence-electron chi connectivity index (χ3n) is 2.17. The Morgan fingerprint density at radius 1 is 1.45 bits per heavy atom. The Balaban J connectivity index is 3.23. The molecule has 0 fully saturated rings. The van der Waals surface area contributed by atoms with Crippen LogP contribution in [0.5, 0.6) is 5.75 Å². The Morgan fingerprint density at radius 2 is 2.05 bits per heavy atom. The first-order valence-corrected chi connectivity index (χ1v) is 11.4. The van der Waals surface area contributed by atoms with Crippen molar-refractivity contribution in [3.8, 4) is 5.75 Å². The molecule has 1 rings (SSSR count). The smallest absolute Gasteiger partial charge is 0.385 e. The highest BCUT2D eigenvalue weighted by Crippen LogP contribution is 2.71. The molecule has 0 radical (unpaired) electrons. The normalized spacial score (nSPS) is 16.8. The van der Waals surface area contributed by atoms with Gasteiger partial charge in [0.25, 0.3) is 0 Å². The molecule has 0 saturated carbocycles. The van der Waals surface area contributed by atoms with Gasteiger partial charge in [-0.3, -0.25) is 20.2 Å². The summed E-state index contributed by atoms with van der Waals surface area (Å²) in [6.07, 6.45) is 0. The first-order valence-electron chi connectivity index (χ1n) is 6.07. The van der Waals surface area contributed by atoms with E-state index in [1.165, 1.54) is 18.2 Å². The van der Waals surface area contributed by atoms with Gasteiger partial charge in [0, 0.05) is 12.1 Å². The number of nitrogens with one attached hydrogen (secondary N) is 1. The van der Waals surface area contributed by atoms with Crippen molar-refractivity contribution in [3.05, 3.63) is 33.9 Å². The first-order chi connectivity index (χ1) is 9.92. The van der Waals surface area contributed by atoms with Crippen molar-refractivity contribution in [2.75, 3.05) is 0 Å². The number of nitrogens with zero attached hydrogens (tertiary/aromatic N) is 1. The standard InChI is InChI=1S/C10H17N3O6P2S/c1-7(2)12-21(18,22-20(11,16)17)19-10-5-4-8(3)6-9(10)13(14)15/h4-7H,1-3H3,(H,12,18)(H3,11,16,17). The molecular weight excluding hydrogens is 352 g/mol. The van der Waals surface area contributed by atoms with Gasteiger partial charge in [-0.05, 0) is 32.4 Å². The van der Waals surface area contributed by atoms with Crippen LogP contribution in [0.3, 0.4) is 0 Å². The summed E-state index contributed by atoms with van der Waals surface area (Å²) in [5.74, 6) is -0.270. The molecule has 124 valence electrons. The number of benzene rings is 1. The lowest BCUT2D eigenvalue weighted by molar-refractivity contribution is -0.385. The molecule has 22 heavy (non-hydrogen) atoms. The molecule has 2 unspecified atom stereocenters. The van der Waals surface area contributed by atoms with Crippen LogP contribution in [0, 0.1) is 17.0 Å². The van der Waals surface area contributed by atoms with E-state index in [0.717, 1.165) is 0 Å². The molecule has 4 N–H and O–H groups in total. The second-order valence-electron chi connectivity index (χ2n) is 4.75. The number of nitrogens with two attached hydrogens (primary N) is 1. The molecule has 0 aliphatic carbocycles. The topological polar surface area (TPSA) is 145 Å². The molecule has 0 spiro atoms. The molecular formula is C10H17N3O6P2S. The summed E-state index contributed by atoms with van der Waals surface area (Å²) < 4.78 is 29.2. The van der Waals surface area contributed by atoms with Gasteiger partial charge in [-0.15, -0.1) is 0 Å². The zero-order valence-electron chi connectivity index (χ0n) is 12.1. The number of hydrogen-bond acceptors (Lipinski definition) is 6. The van der Waals surface area contributed by atoms with E-state index in [9.17, 15) is 24.1 Å². The van der Waals surface area contributed by atoms with Crippen molar-refractivity contribution in [2.45, 2.75) is 26.8 Å². The van der Waals surface area contributed by atoms with Gasteiger partial charge >= 0.3 is 19.1 Å². The summed E-state index contributed by atoms with van der Waals surface area (Å²) >= 11 is 0.0405. The molecule has 0 saturated heterocycles. The zero-order chi connectivity index (χ0) is 17.1. The first kappa shape index (κ1) is 19.2. The molecule has 2 atom stereocenters. The fraction of sp³-hybridized carbons (Fsp3) is 0.400. The van der Waals surface area contributed by atoms with Crippen LogP contribution >= 0.6 is 24.4 Å². The molecule has 12 heteroatoms. The summed E-state index contributed by atoms with van der Waals surface area (Å²) in [4.78, 5) is 19.6. The fourth-order valence-electron chi connectivity index (χ4n) is 1.51. The van der Waals surface area contributed by atoms with E-state index >= 15 is 0 Å². The summed E-state index contributed by atoms with van der Waals surface area (Å²) in [5, 5.41) is 13.6. The minimum absolute atomic E-state index is 0.0405. The third kappa shape index (κ3) is 6.08. The maximum Gasteiger partial charge on any atom is 0.385 e. The lowest BCUT2D eigenvalue weighted by Gasteiger charge is -2.22. The van der Waals surface area contributed by atoms with Gasteiger partial charge in [-0.1, -0.05) is 6.07 Å². The van der Waals surface area contributed by atoms with Crippen molar-refractivity contribution in [2.24, 2.45) is 5.50 Å². The van der Waals surface area contributed by atoms with Gasteiger partial charge < -0.3 is 9.42 Å². The average Bonchev–Trinajstić information content (AvgIpc) is 2.27. The summed E-state index contributed by atoms with van der Waals surface area (Å²) in [7, 11) is 0. The number of aryl methyl sites for hydroxylation is 1. The Morgan fingerprint density at radius 3 is 2.50 bits per heavy atom. The van der Waals surface area contributed by atoms with E-state index in [2.05, 4.69) is 5.09 Å². The quantitative estimate of drug-likeness (QED) is 0.375. The molecule has 0 heterocycles.